The number of hydrogen-bond donors (Lipinski definition) is 1. The minimum atomic E-state index is -5.98. The average Bonchev–Trinajstić information content (AvgIpc) is 3.02. The Morgan fingerprint density at radius 2 is 1.48 bits per heavy atom. The second kappa shape index (κ2) is 6.56. The van der Waals surface area contributed by atoms with E-state index >= 15 is 0 Å². The highest BCUT2D eigenvalue weighted by Crippen LogP contribution is 2.56. The molecule has 0 aromatic heterocycles. The Bertz CT molecular complexity index is 591. The quantitative estimate of drug-likeness (QED) is 0.424. The summed E-state index contributed by atoms with van der Waals surface area (Å²) in [6.45, 7) is 2.54. The van der Waals surface area contributed by atoms with Crippen molar-refractivity contribution in [1.29, 1.82) is 0 Å². The molecule has 2 saturated carbocycles. The average molecular weight is 414 g/mol. The molecule has 0 aromatic carbocycles. The lowest BCUT2D eigenvalue weighted by Crippen LogP contribution is -2.58. The number of rotatable bonds is 4. The molecule has 0 saturated heterocycles. The zero-order chi connectivity index (χ0) is 21.0. The molecular weight excluding hydrogens is 399 g/mol. The van der Waals surface area contributed by atoms with Crippen LogP contribution >= 0.6 is 0 Å². The number of hydrogen-bond acceptors (Lipinski definition) is 3. The SMILES string of the molecule is C=C(C(=O)OC1CC2CC(CC(O)(C(F)(F)F)C(F)(F)F)C1C2)C(F)(F)F. The molecule has 2 bridgehead atoms. The predicted octanol–water partition coefficient (Wildman–Crippen LogP) is 4.31. The highest BCUT2D eigenvalue weighted by molar-refractivity contribution is 5.89. The van der Waals surface area contributed by atoms with Crippen molar-refractivity contribution >= 4 is 5.97 Å². The molecule has 2 aliphatic rings. The molecule has 2 fully saturated rings. The van der Waals surface area contributed by atoms with E-state index in [0.29, 0.717) is 0 Å². The Balaban J connectivity index is 2.14. The summed E-state index contributed by atoms with van der Waals surface area (Å²) in [6.07, 6.45) is -19.9. The van der Waals surface area contributed by atoms with Crippen molar-refractivity contribution in [3.8, 4) is 0 Å². The van der Waals surface area contributed by atoms with Gasteiger partial charge >= 0.3 is 24.5 Å². The van der Waals surface area contributed by atoms with Crippen molar-refractivity contribution in [2.24, 2.45) is 17.8 Å². The van der Waals surface area contributed by atoms with Crippen LogP contribution < -0.4 is 0 Å². The molecule has 4 unspecified atom stereocenters. The van der Waals surface area contributed by atoms with Gasteiger partial charge in [0.2, 0.25) is 0 Å². The maximum atomic E-state index is 12.8. The van der Waals surface area contributed by atoms with Crippen LogP contribution in [0.2, 0.25) is 0 Å². The Morgan fingerprint density at radius 1 is 0.963 bits per heavy atom. The number of aliphatic hydroxyl groups is 1. The van der Waals surface area contributed by atoms with E-state index in [-0.39, 0.29) is 19.3 Å². The van der Waals surface area contributed by atoms with Crippen LogP contribution in [-0.4, -0.2) is 41.3 Å². The molecule has 0 radical (unpaired) electrons. The molecular formula is C15H15F9O3. The fourth-order valence-electron chi connectivity index (χ4n) is 3.89. The summed E-state index contributed by atoms with van der Waals surface area (Å²) in [5.41, 5.74) is -6.76. The molecule has 0 spiro atoms. The molecule has 0 aromatic rings. The first-order valence-electron chi connectivity index (χ1n) is 7.80. The maximum Gasteiger partial charge on any atom is 0.426 e. The summed E-state index contributed by atoms with van der Waals surface area (Å²) in [7, 11) is 0. The van der Waals surface area contributed by atoms with Crippen molar-refractivity contribution in [2.75, 3.05) is 0 Å². The lowest BCUT2D eigenvalue weighted by molar-refractivity contribution is -0.373. The number of alkyl halides is 9. The first-order valence-corrected chi connectivity index (χ1v) is 7.80. The van der Waals surface area contributed by atoms with Crippen molar-refractivity contribution in [3.63, 3.8) is 0 Å². The third-order valence-corrected chi connectivity index (χ3v) is 5.23. The maximum absolute atomic E-state index is 12.8. The first kappa shape index (κ1) is 21.8. The molecule has 2 aliphatic carbocycles. The fraction of sp³-hybridized carbons (Fsp3) is 0.800. The molecule has 2 rings (SSSR count). The van der Waals surface area contributed by atoms with Gasteiger partial charge in [0.15, 0.2) is 0 Å². The molecule has 1 N–H and O–H groups in total. The van der Waals surface area contributed by atoms with Crippen molar-refractivity contribution in [2.45, 2.75) is 55.9 Å². The van der Waals surface area contributed by atoms with Crippen molar-refractivity contribution < 1.29 is 54.2 Å². The molecule has 3 nitrogen and oxygen atoms in total. The summed E-state index contributed by atoms with van der Waals surface area (Å²) in [5.74, 6) is -4.53. The Labute approximate surface area is 147 Å². The zero-order valence-electron chi connectivity index (χ0n) is 13.5. The summed E-state index contributed by atoms with van der Waals surface area (Å²) in [6, 6.07) is 0. The Morgan fingerprint density at radius 3 is 1.89 bits per heavy atom. The van der Waals surface area contributed by atoms with E-state index in [1.54, 1.807) is 0 Å². The third-order valence-electron chi connectivity index (χ3n) is 5.23. The number of esters is 1. The second-order valence-corrected chi connectivity index (χ2v) is 6.98. The largest absolute Gasteiger partial charge is 0.458 e. The number of ether oxygens (including phenoxy) is 1. The Kier molecular flexibility index (Phi) is 5.30. The lowest BCUT2D eigenvalue weighted by Gasteiger charge is -2.38. The molecule has 27 heavy (non-hydrogen) atoms. The Hall–Kier alpha value is -1.46. The molecule has 12 heteroatoms. The van der Waals surface area contributed by atoms with Crippen molar-refractivity contribution in [3.05, 3.63) is 12.2 Å². The van der Waals surface area contributed by atoms with Gasteiger partial charge in [0.1, 0.15) is 11.7 Å². The lowest BCUT2D eigenvalue weighted by atomic mass is 9.78. The summed E-state index contributed by atoms with van der Waals surface area (Å²) in [4.78, 5) is 11.5. The van der Waals surface area contributed by atoms with E-state index in [1.165, 1.54) is 0 Å². The summed E-state index contributed by atoms with van der Waals surface area (Å²) < 4.78 is 119. The minimum absolute atomic E-state index is 0.0362. The van der Waals surface area contributed by atoms with E-state index in [0.717, 1.165) is 0 Å². The van der Waals surface area contributed by atoms with E-state index < -0.39 is 66.0 Å². The normalized spacial score (nSPS) is 29.1. The molecule has 0 heterocycles. The van der Waals surface area contributed by atoms with Gasteiger partial charge in [-0.15, -0.1) is 0 Å². The van der Waals surface area contributed by atoms with E-state index in [1.807, 2.05) is 0 Å². The number of carbonyl (C=O) groups is 1. The highest BCUT2D eigenvalue weighted by Gasteiger charge is 2.71. The minimum Gasteiger partial charge on any atom is -0.458 e. The van der Waals surface area contributed by atoms with Crippen LogP contribution in [-0.2, 0) is 9.53 Å². The van der Waals surface area contributed by atoms with Gasteiger partial charge in [0.25, 0.3) is 5.60 Å². The van der Waals surface area contributed by atoms with Gasteiger partial charge in [0, 0.05) is 0 Å². The van der Waals surface area contributed by atoms with Crippen LogP contribution in [0.25, 0.3) is 0 Å². The molecule has 4 atom stereocenters. The van der Waals surface area contributed by atoms with Gasteiger partial charge in [-0.05, 0) is 43.4 Å². The van der Waals surface area contributed by atoms with Gasteiger partial charge in [0.05, 0.1) is 0 Å². The van der Waals surface area contributed by atoms with Gasteiger partial charge in [-0.2, -0.15) is 39.5 Å². The summed E-state index contributed by atoms with van der Waals surface area (Å²) in [5, 5.41) is 9.32. The van der Waals surface area contributed by atoms with E-state index in [2.05, 4.69) is 11.3 Å². The van der Waals surface area contributed by atoms with Gasteiger partial charge < -0.3 is 9.84 Å². The standard InChI is InChI=1S/C15H15F9O3/c1-6(13(16,17)18)11(25)27-10-4-7-2-8(9(10)3-7)5-12(26,14(19,20)21)15(22,23)24/h7-10,26H,1-5H2. The first-order chi connectivity index (χ1) is 12.0. The van der Waals surface area contributed by atoms with Crippen LogP contribution in [0.4, 0.5) is 39.5 Å². The zero-order valence-corrected chi connectivity index (χ0v) is 13.5. The predicted molar refractivity (Wildman–Crippen MR) is 71.1 cm³/mol. The molecule has 0 aliphatic heterocycles. The van der Waals surface area contributed by atoms with Crippen LogP contribution in [0.1, 0.15) is 25.7 Å². The third kappa shape index (κ3) is 4.04. The number of carbonyl (C=O) groups excluding carboxylic acids is 1. The van der Waals surface area contributed by atoms with Crippen LogP contribution in [0.5, 0.6) is 0 Å². The van der Waals surface area contributed by atoms with Gasteiger partial charge in [-0.25, -0.2) is 4.79 Å². The molecule has 156 valence electrons. The highest BCUT2D eigenvalue weighted by atomic mass is 19.4. The topological polar surface area (TPSA) is 46.5 Å². The van der Waals surface area contributed by atoms with E-state index in [9.17, 15) is 49.4 Å². The smallest absolute Gasteiger partial charge is 0.426 e. The van der Waals surface area contributed by atoms with Crippen LogP contribution in [0.15, 0.2) is 12.2 Å². The van der Waals surface area contributed by atoms with Crippen LogP contribution in [0, 0.1) is 17.8 Å². The number of halogens is 9. The van der Waals surface area contributed by atoms with Crippen LogP contribution in [0.3, 0.4) is 0 Å². The van der Waals surface area contributed by atoms with Gasteiger partial charge in [-0.1, -0.05) is 6.58 Å². The fourth-order valence-corrected chi connectivity index (χ4v) is 3.89. The molecule has 0 amide bonds. The number of fused-ring (bicyclic) bond motifs is 2. The summed E-state index contributed by atoms with van der Waals surface area (Å²) >= 11 is 0. The second-order valence-electron chi connectivity index (χ2n) is 6.98. The monoisotopic (exact) mass is 414 g/mol. The van der Waals surface area contributed by atoms with Crippen molar-refractivity contribution in [1.82, 2.24) is 0 Å². The van der Waals surface area contributed by atoms with E-state index in [4.69, 9.17) is 0 Å². The van der Waals surface area contributed by atoms with Gasteiger partial charge in [-0.3, -0.25) is 0 Å².